The summed E-state index contributed by atoms with van der Waals surface area (Å²) in [6.45, 7) is 9.78. The fourth-order valence-electron chi connectivity index (χ4n) is 13.6. The summed E-state index contributed by atoms with van der Waals surface area (Å²) in [6, 6.07) is -1.91. The maximum atomic E-state index is 15.2. The standard InChI is InChI=1S/C66H92Cl2F3N11O11/c1-12-37(2)53-63(92)78(9)41(6)59(88)82-33-29-50(82)61(90)79(10)51(36-44-22-15-16-23-46(44)67)62(91)77(8)40(5)55(84)73-48(28-26-42-25-27-45(47(68)35-42)66(69,70)71)60(89)81-32-19-24-49(81)57(86)75-65(30-17-18-31-65)64(93)80(11)54(43-20-13-14-21-43)58(87)72-38(3)34-52(83)76(7)39(4)56(85)74-53/h15-16,22-23,25,27,35,37-41,43,48-51,53-54H,12-14,17-21,24,26,28-34,36H2,1-11H3,(H,72,87)(H,73,84)(H,74,85)(H,75,86)/t37-,38+,39-,40+,41-,48-,49-,50-,51-,53-,54-/m0/s1. The molecule has 27 heteroatoms. The van der Waals surface area contributed by atoms with Crippen LogP contribution in [-0.4, -0.2) is 214 Å². The second-order valence-corrected chi connectivity index (χ2v) is 27.1. The van der Waals surface area contributed by atoms with Crippen molar-refractivity contribution in [1.82, 2.24) is 55.6 Å². The van der Waals surface area contributed by atoms with Crippen molar-refractivity contribution in [3.8, 4) is 0 Å². The van der Waals surface area contributed by atoms with Crippen LogP contribution in [0, 0.1) is 11.8 Å². The largest absolute Gasteiger partial charge is 0.417 e. The molecule has 0 bridgehead atoms. The minimum atomic E-state index is -4.76. The van der Waals surface area contributed by atoms with Crippen molar-refractivity contribution in [2.75, 3.05) is 48.3 Å². The first-order valence-electron chi connectivity index (χ1n) is 32.5. The van der Waals surface area contributed by atoms with Crippen molar-refractivity contribution < 1.29 is 65.9 Å². The number of hydrogen-bond donors (Lipinski definition) is 4. The van der Waals surface area contributed by atoms with E-state index < -0.39 is 154 Å². The average molecular weight is 1340 g/mol. The van der Waals surface area contributed by atoms with E-state index in [0.29, 0.717) is 49.7 Å². The van der Waals surface area contributed by atoms with Gasteiger partial charge >= 0.3 is 6.18 Å². The van der Waals surface area contributed by atoms with Gasteiger partial charge in [-0.2, -0.15) is 13.2 Å². The Morgan fingerprint density at radius 1 is 0.602 bits per heavy atom. The van der Waals surface area contributed by atoms with E-state index in [9.17, 15) is 51.5 Å². The van der Waals surface area contributed by atoms with Gasteiger partial charge in [-0.1, -0.05) is 93.4 Å². The lowest BCUT2D eigenvalue weighted by Crippen LogP contribution is -2.65. The van der Waals surface area contributed by atoms with Crippen molar-refractivity contribution in [3.05, 3.63) is 69.2 Å². The van der Waals surface area contributed by atoms with Gasteiger partial charge in [0.2, 0.25) is 65.0 Å². The topological polar surface area (TPSA) is 259 Å². The van der Waals surface area contributed by atoms with Crippen LogP contribution in [0.2, 0.25) is 10.0 Å². The number of benzene rings is 2. The van der Waals surface area contributed by atoms with Gasteiger partial charge in [0.05, 0.1) is 10.6 Å². The van der Waals surface area contributed by atoms with E-state index in [1.165, 1.54) is 91.5 Å². The zero-order valence-corrected chi connectivity index (χ0v) is 56.7. The van der Waals surface area contributed by atoms with Crippen molar-refractivity contribution in [1.29, 1.82) is 0 Å². The Kier molecular flexibility index (Phi) is 24.5. The first kappa shape index (κ1) is 73.4. The Balaban J connectivity index is 1.25. The molecule has 3 saturated heterocycles. The molecule has 512 valence electrons. The van der Waals surface area contributed by atoms with Crippen molar-refractivity contribution in [2.24, 2.45) is 11.8 Å². The summed E-state index contributed by atoms with van der Waals surface area (Å²) in [7, 11) is 7.10. The van der Waals surface area contributed by atoms with E-state index in [2.05, 4.69) is 21.3 Å². The third kappa shape index (κ3) is 16.6. The Bertz CT molecular complexity index is 3150. The summed E-state index contributed by atoms with van der Waals surface area (Å²) >= 11 is 12.8. The third-order valence-electron chi connectivity index (χ3n) is 20.2. The van der Waals surface area contributed by atoms with Gasteiger partial charge in [-0.25, -0.2) is 0 Å². The van der Waals surface area contributed by atoms with Gasteiger partial charge in [0.15, 0.2) is 0 Å². The van der Waals surface area contributed by atoms with E-state index in [4.69, 9.17) is 23.2 Å². The van der Waals surface area contributed by atoms with E-state index in [-0.39, 0.29) is 75.4 Å². The van der Waals surface area contributed by atoms with Crippen LogP contribution in [0.3, 0.4) is 0 Å². The van der Waals surface area contributed by atoms with Crippen molar-refractivity contribution >= 4 is 88.2 Å². The molecule has 0 unspecified atom stereocenters. The highest BCUT2D eigenvalue weighted by Gasteiger charge is 2.51. The Hall–Kier alpha value is -7.02. The van der Waals surface area contributed by atoms with Crippen LogP contribution >= 0.6 is 23.2 Å². The fourth-order valence-corrected chi connectivity index (χ4v) is 14.1. The lowest BCUT2D eigenvalue weighted by Gasteiger charge is -2.45. The third-order valence-corrected chi connectivity index (χ3v) is 20.9. The summed E-state index contributed by atoms with van der Waals surface area (Å²) in [5, 5.41) is 11.3. The summed E-state index contributed by atoms with van der Waals surface area (Å²) in [6.07, 6.45) is -0.00359. The highest BCUT2D eigenvalue weighted by molar-refractivity contribution is 6.31. The van der Waals surface area contributed by atoms with Gasteiger partial charge in [-0.3, -0.25) is 52.7 Å². The number of halogens is 5. The SMILES string of the molecule is CC[C@H](C)[C@@H]1NC(=O)[C@H](C)N(C)C(=O)C[C@@H](C)NC(=O)[C@H](C2CCCC2)N(C)C(=O)C2(CCCC2)NC(=O)[C@@H]2CCCN2C(=O)[C@H](CCc2ccc(C(F)(F)F)c(Cl)c2)NC(=O)[C@@H](C)N(C)C(=O)[C@H](Cc2ccccc2Cl)N(C)C(=O)[C@@H]2CCN2C(=O)[C@H](C)N(C)C1=O. The number of carbonyl (C=O) groups is 11. The van der Waals surface area contributed by atoms with Crippen molar-refractivity contribution in [2.45, 2.75) is 216 Å². The van der Waals surface area contributed by atoms with Gasteiger partial charge in [-0.15, -0.1) is 0 Å². The Labute approximate surface area is 553 Å². The van der Waals surface area contributed by atoms with E-state index in [1.807, 2.05) is 6.92 Å². The van der Waals surface area contributed by atoms with Crippen LogP contribution in [0.25, 0.3) is 0 Å². The molecular formula is C66H92Cl2F3N11O11. The predicted molar refractivity (Wildman–Crippen MR) is 341 cm³/mol. The monoisotopic (exact) mass is 1340 g/mol. The number of fused-ring (bicyclic) bond motifs is 2. The molecule has 1 spiro atoms. The molecule has 3 aliphatic heterocycles. The Morgan fingerprint density at radius 3 is 1.82 bits per heavy atom. The van der Waals surface area contributed by atoms with Crippen LogP contribution in [0.1, 0.15) is 148 Å². The molecule has 2 aliphatic carbocycles. The molecular weight excluding hydrogens is 1250 g/mol. The second-order valence-electron chi connectivity index (χ2n) is 26.3. The highest BCUT2D eigenvalue weighted by Crippen LogP contribution is 2.38. The van der Waals surface area contributed by atoms with Crippen LogP contribution in [0.15, 0.2) is 42.5 Å². The van der Waals surface area contributed by atoms with Crippen molar-refractivity contribution in [3.63, 3.8) is 0 Å². The molecule has 2 saturated carbocycles. The second kappa shape index (κ2) is 31.0. The summed E-state index contributed by atoms with van der Waals surface area (Å²) in [5.74, 6) is -7.74. The van der Waals surface area contributed by atoms with E-state index in [1.54, 1.807) is 38.1 Å². The van der Waals surface area contributed by atoms with E-state index in [0.717, 1.165) is 29.9 Å². The first-order valence-corrected chi connectivity index (χ1v) is 33.3. The number of alkyl halides is 3. The number of nitrogens with zero attached hydrogens (tertiary/aromatic N) is 7. The number of carbonyl (C=O) groups excluding carboxylic acids is 11. The van der Waals surface area contributed by atoms with Gasteiger partial charge in [0.25, 0.3) is 0 Å². The maximum absolute atomic E-state index is 15.2. The smallest absolute Gasteiger partial charge is 0.351 e. The number of rotatable bonds is 8. The average Bonchev–Trinajstić information content (AvgIpc) is 1.78. The molecule has 2 aromatic rings. The van der Waals surface area contributed by atoms with Crippen LogP contribution in [0.4, 0.5) is 13.2 Å². The number of aryl methyl sites for hydroxylation is 1. The molecule has 11 amide bonds. The highest BCUT2D eigenvalue weighted by atomic mass is 35.5. The normalized spacial score (nSPS) is 28.4. The zero-order valence-electron chi connectivity index (χ0n) is 55.2. The summed E-state index contributed by atoms with van der Waals surface area (Å²) in [4.78, 5) is 170. The first-order chi connectivity index (χ1) is 43.7. The summed E-state index contributed by atoms with van der Waals surface area (Å²) in [5.41, 5.74) is -1.82. The molecule has 2 aromatic carbocycles. The molecule has 5 aliphatic rings. The quantitative estimate of drug-likeness (QED) is 0.256. The molecule has 93 heavy (non-hydrogen) atoms. The molecule has 4 N–H and O–H groups in total. The predicted octanol–water partition coefficient (Wildman–Crippen LogP) is 5.52. The number of hydrogen-bond acceptors (Lipinski definition) is 11. The van der Waals surface area contributed by atoms with Crippen LogP contribution < -0.4 is 21.3 Å². The molecule has 7 rings (SSSR count). The van der Waals surface area contributed by atoms with E-state index >= 15 is 14.4 Å². The van der Waals surface area contributed by atoms with Gasteiger partial charge in [0.1, 0.15) is 59.9 Å². The van der Waals surface area contributed by atoms with Gasteiger partial charge in [0, 0.05) is 72.2 Å². The molecule has 11 atom stereocenters. The Morgan fingerprint density at radius 2 is 1.22 bits per heavy atom. The van der Waals surface area contributed by atoms with Gasteiger partial charge < -0.3 is 55.6 Å². The number of amides is 11. The minimum absolute atomic E-state index is 0.0389. The molecule has 0 aromatic heterocycles. The number of likely N-dealkylation sites (N-methyl/N-ethyl adjacent to an activating group) is 5. The fraction of sp³-hybridized carbons (Fsp3) is 0.652. The lowest BCUT2D eigenvalue weighted by atomic mass is 9.90. The van der Waals surface area contributed by atoms with Crippen LogP contribution in [0.5, 0.6) is 0 Å². The lowest BCUT2D eigenvalue weighted by molar-refractivity contribution is -0.160. The molecule has 0 radical (unpaired) electrons. The summed E-state index contributed by atoms with van der Waals surface area (Å²) < 4.78 is 41.5. The van der Waals surface area contributed by atoms with Gasteiger partial charge in [-0.05, 0) is 127 Å². The van der Waals surface area contributed by atoms with Crippen LogP contribution in [-0.2, 0) is 71.8 Å². The zero-order chi connectivity index (χ0) is 68.7. The molecule has 22 nitrogen and oxygen atoms in total. The maximum Gasteiger partial charge on any atom is 0.417 e. The number of nitrogens with one attached hydrogen (secondary N) is 4. The molecule has 3 heterocycles. The molecule has 5 fully saturated rings. The minimum Gasteiger partial charge on any atom is -0.351 e.